The van der Waals surface area contributed by atoms with Crippen molar-refractivity contribution in [3.8, 4) is 0 Å². The molecule has 0 unspecified atom stereocenters. The molecule has 0 bridgehead atoms. The fourth-order valence-corrected chi connectivity index (χ4v) is 0. The van der Waals surface area contributed by atoms with E-state index in [1.54, 1.807) is 0 Å². The van der Waals surface area contributed by atoms with Crippen LogP contribution >= 0.6 is 0 Å². The first-order valence-corrected chi connectivity index (χ1v) is 0.632. The van der Waals surface area contributed by atoms with Crippen molar-refractivity contribution < 1.29 is 10.2 Å². The van der Waals surface area contributed by atoms with Gasteiger partial charge in [0.05, 0.1) is 0 Å². The summed E-state index contributed by atoms with van der Waals surface area (Å²) in [6.07, 6.45) is 0. The summed E-state index contributed by atoms with van der Waals surface area (Å²) in [7, 11) is 0. The molecule has 0 aromatic carbocycles. The van der Waals surface area contributed by atoms with Crippen LogP contribution in [0.2, 0.25) is 0 Å². The molecule has 0 aliphatic rings. The van der Waals surface area contributed by atoms with E-state index in [0.717, 1.165) is 0 Å². The average Bonchev–Trinajstić information content (AvgIpc) is 0.918. The van der Waals surface area contributed by atoms with Gasteiger partial charge < -0.3 is 10.2 Å². The minimum atomic E-state index is -0.750. The van der Waals surface area contributed by atoms with Gasteiger partial charge in [0, 0.05) is 0 Å². The van der Waals surface area contributed by atoms with E-state index in [-0.39, 0.29) is 18.9 Å². The summed E-state index contributed by atoms with van der Waals surface area (Å²) in [5, 5.41) is 14.2. The van der Waals surface area contributed by atoms with Crippen LogP contribution < -0.4 is 0 Å². The third kappa shape index (κ3) is 21.7. The molecule has 0 amide bonds. The van der Waals surface area contributed by atoms with E-state index in [2.05, 4.69) is 0 Å². The number of hydrogen-bond acceptors (Lipinski definition) is 2. The van der Waals surface area contributed by atoms with Crippen LogP contribution in [0.4, 0.5) is 0 Å². The van der Waals surface area contributed by atoms with Crippen molar-refractivity contribution in [2.75, 3.05) is 6.79 Å². The second-order valence-corrected chi connectivity index (χ2v) is 0.141. The van der Waals surface area contributed by atoms with Crippen LogP contribution in [0.5, 0.6) is 0 Å². The van der Waals surface area contributed by atoms with Crippen molar-refractivity contribution in [2.45, 2.75) is 0 Å². The Morgan fingerprint density at radius 3 is 1.25 bits per heavy atom. The van der Waals surface area contributed by atoms with E-state index in [1.165, 1.54) is 0 Å². The zero-order valence-electron chi connectivity index (χ0n) is 1.60. The van der Waals surface area contributed by atoms with E-state index >= 15 is 0 Å². The van der Waals surface area contributed by atoms with Gasteiger partial charge in [-0.3, -0.25) is 0 Å². The Hall–Kier alpha value is 0.517. The van der Waals surface area contributed by atoms with E-state index in [1.807, 2.05) is 0 Å². The van der Waals surface area contributed by atoms with E-state index in [0.29, 0.717) is 0 Å². The van der Waals surface area contributed by atoms with Crippen molar-refractivity contribution in [2.24, 2.45) is 0 Å². The normalized spacial score (nSPS) is 4.50. The summed E-state index contributed by atoms with van der Waals surface area (Å²) in [6.45, 7) is -0.750. The molecule has 0 atom stereocenters. The molecule has 4 heavy (non-hydrogen) atoms. The molecule has 2 N–H and O–H groups in total. The van der Waals surface area contributed by atoms with Gasteiger partial charge in [-0.2, -0.15) is 0 Å². The zero-order chi connectivity index (χ0) is 2.71. The molecule has 22 valence electrons. The Morgan fingerprint density at radius 2 is 1.25 bits per heavy atom. The van der Waals surface area contributed by atoms with Gasteiger partial charge in [-0.05, 0) is 0 Å². The maximum atomic E-state index is 7.12. The second-order valence-electron chi connectivity index (χ2n) is 0.141. The molecular weight excluding hydrogens is 51.0 g/mol. The molecule has 0 heterocycles. The molecular formula is CH5LiO2. The van der Waals surface area contributed by atoms with Crippen molar-refractivity contribution in [3.05, 3.63) is 0 Å². The fraction of sp³-hybridized carbons (Fsp3) is 1.00. The summed E-state index contributed by atoms with van der Waals surface area (Å²) in [6, 6.07) is 0. The predicted molar refractivity (Wildman–Crippen MR) is 16.5 cm³/mol. The molecule has 0 aromatic heterocycles. The molecule has 0 aliphatic heterocycles. The summed E-state index contributed by atoms with van der Waals surface area (Å²) >= 11 is 0. The summed E-state index contributed by atoms with van der Waals surface area (Å²) in [4.78, 5) is 0. The molecule has 3 heteroatoms. The third-order valence-corrected chi connectivity index (χ3v) is 0. The predicted octanol–water partition coefficient (Wildman–Crippen LogP) is -1.72. The van der Waals surface area contributed by atoms with Crippen LogP contribution in [0.1, 0.15) is 0 Å². The summed E-state index contributed by atoms with van der Waals surface area (Å²) in [5.41, 5.74) is 0. The Kier molecular flexibility index (Phi) is 21.3. The van der Waals surface area contributed by atoms with Gasteiger partial charge in [0.15, 0.2) is 0 Å². The average molecular weight is 56.0 g/mol. The van der Waals surface area contributed by atoms with Crippen LogP contribution in [0.15, 0.2) is 0 Å². The third-order valence-electron chi connectivity index (χ3n) is 0. The number of rotatable bonds is 0. The molecule has 0 rings (SSSR count). The number of hydrogen-bond donors (Lipinski definition) is 2. The van der Waals surface area contributed by atoms with Crippen molar-refractivity contribution >= 4 is 18.9 Å². The Balaban J connectivity index is 0. The first kappa shape index (κ1) is 8.82. The summed E-state index contributed by atoms with van der Waals surface area (Å²) < 4.78 is 0. The Labute approximate surface area is 36.6 Å². The zero-order valence-corrected chi connectivity index (χ0v) is 1.60. The SMILES string of the molecule is OCO.[LiH]. The van der Waals surface area contributed by atoms with Crippen LogP contribution in [-0.4, -0.2) is 35.9 Å². The van der Waals surface area contributed by atoms with Gasteiger partial charge in [-0.15, -0.1) is 0 Å². The van der Waals surface area contributed by atoms with Crippen molar-refractivity contribution in [3.63, 3.8) is 0 Å². The molecule has 2 nitrogen and oxygen atoms in total. The monoisotopic (exact) mass is 56.0 g/mol. The Morgan fingerprint density at radius 1 is 1.25 bits per heavy atom. The van der Waals surface area contributed by atoms with E-state index in [9.17, 15) is 0 Å². The van der Waals surface area contributed by atoms with E-state index < -0.39 is 6.79 Å². The van der Waals surface area contributed by atoms with E-state index in [4.69, 9.17) is 10.2 Å². The van der Waals surface area contributed by atoms with Gasteiger partial charge >= 0.3 is 18.9 Å². The van der Waals surface area contributed by atoms with Crippen LogP contribution in [0.3, 0.4) is 0 Å². The molecule has 0 spiro atoms. The molecule has 0 fully saturated rings. The van der Waals surface area contributed by atoms with Crippen molar-refractivity contribution in [1.82, 2.24) is 0 Å². The van der Waals surface area contributed by atoms with Gasteiger partial charge in [-0.1, -0.05) is 0 Å². The van der Waals surface area contributed by atoms with Gasteiger partial charge in [-0.25, -0.2) is 0 Å². The topological polar surface area (TPSA) is 40.5 Å². The minimum absolute atomic E-state index is 0. The fourth-order valence-electron chi connectivity index (χ4n) is 0. The first-order chi connectivity index (χ1) is 1.41. The summed E-state index contributed by atoms with van der Waals surface area (Å²) in [5.74, 6) is 0. The molecule has 0 saturated heterocycles. The molecule has 0 aliphatic carbocycles. The molecule has 0 radical (unpaired) electrons. The maximum absolute atomic E-state index is 7.12. The van der Waals surface area contributed by atoms with Gasteiger partial charge in [0.1, 0.15) is 6.79 Å². The first-order valence-electron chi connectivity index (χ1n) is 0.632. The Bertz CT molecular complexity index is 6.00. The number of aliphatic hydroxyl groups excluding tert-OH is 1. The number of aliphatic hydroxyl groups is 2. The van der Waals surface area contributed by atoms with Gasteiger partial charge in [0.2, 0.25) is 0 Å². The quantitative estimate of drug-likeness (QED) is 0.256. The second kappa shape index (κ2) is 9.68. The van der Waals surface area contributed by atoms with Gasteiger partial charge in [0.25, 0.3) is 0 Å². The molecule has 0 aromatic rings. The standard InChI is InChI=1S/CH4O2.Li.H/c2-1-3;;/h2-3H,1H2;;. The molecule has 0 saturated carbocycles. The van der Waals surface area contributed by atoms with Crippen LogP contribution in [-0.2, 0) is 0 Å². The van der Waals surface area contributed by atoms with Crippen LogP contribution in [0.25, 0.3) is 0 Å². The van der Waals surface area contributed by atoms with Crippen molar-refractivity contribution in [1.29, 1.82) is 0 Å². The van der Waals surface area contributed by atoms with Crippen LogP contribution in [0, 0.1) is 0 Å².